The number of rotatable bonds is 8. The first-order valence-electron chi connectivity index (χ1n) is 10.8. The van der Waals surface area contributed by atoms with Crippen LogP contribution in [0.4, 0.5) is 17.1 Å². The lowest BCUT2D eigenvalue weighted by atomic mass is 10.1. The van der Waals surface area contributed by atoms with Crippen molar-refractivity contribution >= 4 is 68.1 Å². The van der Waals surface area contributed by atoms with Crippen LogP contribution < -0.4 is 16.0 Å². The molecule has 0 saturated carbocycles. The van der Waals surface area contributed by atoms with Gasteiger partial charge in [-0.25, -0.2) is 4.98 Å². The van der Waals surface area contributed by atoms with Gasteiger partial charge in [0.05, 0.1) is 10.2 Å². The molecule has 3 amide bonds. The second kappa shape index (κ2) is 12.2. The van der Waals surface area contributed by atoms with Gasteiger partial charge in [-0.2, -0.15) is 0 Å². The van der Waals surface area contributed by atoms with Gasteiger partial charge in [0.25, 0.3) is 5.91 Å². The summed E-state index contributed by atoms with van der Waals surface area (Å²) in [5.74, 6) is 6.31. The van der Waals surface area contributed by atoms with Crippen LogP contribution in [0.15, 0.2) is 40.7 Å². The summed E-state index contributed by atoms with van der Waals surface area (Å²) in [5, 5.41) is 8.18. The molecule has 176 valence electrons. The molecule has 7 nitrogen and oxygen atoms in total. The maximum Gasteiger partial charge on any atom is 0.255 e. The summed E-state index contributed by atoms with van der Waals surface area (Å²) in [5.41, 5.74) is 2.66. The standard InChI is InChI=1S/C25H26N4O3S2/c1-4-5-6-7-8-11-33-25-29-22-10-9-19(15-23(22)34-25)28-24(32)18-12-20(26-16(2)30)14-21(13-18)27-17(3)31/h9-10,12-15H,4-5,8,11H2,1-3H3,(H,26,30)(H,27,31)(H,28,32). The highest BCUT2D eigenvalue weighted by Gasteiger charge is 2.12. The molecule has 0 atom stereocenters. The second-order valence-electron chi connectivity index (χ2n) is 7.48. The Balaban J connectivity index is 1.72. The first-order valence-corrected chi connectivity index (χ1v) is 12.6. The van der Waals surface area contributed by atoms with Crippen LogP contribution >= 0.6 is 23.1 Å². The molecule has 0 bridgehead atoms. The van der Waals surface area contributed by atoms with Crippen LogP contribution in [0.2, 0.25) is 0 Å². The highest BCUT2D eigenvalue weighted by Crippen LogP contribution is 2.31. The number of carbonyl (C=O) groups is 3. The van der Waals surface area contributed by atoms with E-state index < -0.39 is 0 Å². The minimum atomic E-state index is -0.358. The van der Waals surface area contributed by atoms with Gasteiger partial charge in [0.1, 0.15) is 0 Å². The van der Waals surface area contributed by atoms with E-state index in [4.69, 9.17) is 0 Å². The van der Waals surface area contributed by atoms with Crippen LogP contribution in [0, 0.1) is 11.8 Å². The molecule has 0 fully saturated rings. The Labute approximate surface area is 207 Å². The quantitative estimate of drug-likeness (QED) is 0.210. The van der Waals surface area contributed by atoms with Crippen molar-refractivity contribution in [3.63, 3.8) is 0 Å². The average molecular weight is 495 g/mol. The first-order chi connectivity index (χ1) is 16.3. The maximum atomic E-state index is 12.9. The summed E-state index contributed by atoms with van der Waals surface area (Å²) in [6, 6.07) is 10.3. The number of anilines is 3. The smallest absolute Gasteiger partial charge is 0.255 e. The number of nitrogens with zero attached hydrogens (tertiary/aromatic N) is 1. The maximum absolute atomic E-state index is 12.9. The van der Waals surface area contributed by atoms with Gasteiger partial charge in [-0.1, -0.05) is 18.7 Å². The largest absolute Gasteiger partial charge is 0.326 e. The molecular weight excluding hydrogens is 468 g/mol. The van der Waals surface area contributed by atoms with Gasteiger partial charge in [-0.15, -0.1) is 23.2 Å². The fourth-order valence-corrected chi connectivity index (χ4v) is 5.08. The molecular formula is C25H26N4O3S2. The van der Waals surface area contributed by atoms with Crippen molar-refractivity contribution in [3.05, 3.63) is 42.0 Å². The number of benzene rings is 2. The van der Waals surface area contributed by atoms with E-state index in [-0.39, 0.29) is 17.7 Å². The minimum Gasteiger partial charge on any atom is -0.326 e. The third-order valence-electron chi connectivity index (χ3n) is 4.42. The molecule has 3 rings (SSSR count). The normalized spacial score (nSPS) is 10.3. The summed E-state index contributed by atoms with van der Waals surface area (Å²) in [6.45, 7) is 4.87. The molecule has 1 aromatic heterocycles. The highest BCUT2D eigenvalue weighted by atomic mass is 32.2. The molecule has 1 heterocycles. The van der Waals surface area contributed by atoms with E-state index in [2.05, 4.69) is 39.7 Å². The van der Waals surface area contributed by atoms with Crippen molar-refractivity contribution in [2.75, 3.05) is 21.7 Å². The molecule has 9 heteroatoms. The second-order valence-corrected chi connectivity index (χ2v) is 9.85. The number of carbonyl (C=O) groups excluding carboxylic acids is 3. The van der Waals surface area contributed by atoms with Crippen LogP contribution in [-0.4, -0.2) is 28.5 Å². The molecule has 0 radical (unpaired) electrons. The Kier molecular flexibility index (Phi) is 9.08. The lowest BCUT2D eigenvalue weighted by Crippen LogP contribution is -2.15. The van der Waals surface area contributed by atoms with Crippen LogP contribution in [0.5, 0.6) is 0 Å². The fraction of sp³-hybridized carbons (Fsp3) is 0.280. The van der Waals surface area contributed by atoms with E-state index in [1.54, 1.807) is 47.4 Å². The number of amides is 3. The molecule has 0 unspecified atom stereocenters. The zero-order chi connectivity index (χ0) is 24.5. The van der Waals surface area contributed by atoms with Gasteiger partial charge in [-0.3, -0.25) is 14.4 Å². The van der Waals surface area contributed by atoms with Crippen molar-refractivity contribution in [1.82, 2.24) is 4.98 Å². The Morgan fingerprint density at radius 2 is 1.59 bits per heavy atom. The molecule has 0 aliphatic rings. The SMILES string of the molecule is CCCC#CCCSc1nc2ccc(NC(=O)c3cc(NC(C)=O)cc(NC(C)=O)c3)cc2s1. The van der Waals surface area contributed by atoms with Crippen LogP contribution in [0.1, 0.15) is 50.4 Å². The van der Waals surface area contributed by atoms with E-state index in [1.165, 1.54) is 13.8 Å². The summed E-state index contributed by atoms with van der Waals surface area (Å²) >= 11 is 3.26. The first kappa shape index (κ1) is 25.3. The minimum absolute atomic E-state index is 0.274. The van der Waals surface area contributed by atoms with E-state index in [0.29, 0.717) is 22.6 Å². The van der Waals surface area contributed by atoms with Crippen LogP contribution in [0.3, 0.4) is 0 Å². The predicted octanol–water partition coefficient (Wildman–Crippen LogP) is 5.75. The number of nitrogens with one attached hydrogen (secondary N) is 3. The average Bonchev–Trinajstić information content (AvgIpc) is 3.17. The summed E-state index contributed by atoms with van der Waals surface area (Å²) < 4.78 is 1.95. The zero-order valence-electron chi connectivity index (χ0n) is 19.3. The number of hydrogen-bond donors (Lipinski definition) is 3. The van der Waals surface area contributed by atoms with Crippen LogP contribution in [0.25, 0.3) is 10.2 Å². The van der Waals surface area contributed by atoms with Crippen LogP contribution in [-0.2, 0) is 9.59 Å². The predicted molar refractivity (Wildman–Crippen MR) is 141 cm³/mol. The summed E-state index contributed by atoms with van der Waals surface area (Å²) in [7, 11) is 0. The third kappa shape index (κ3) is 7.61. The number of unbranched alkanes of at least 4 members (excludes halogenated alkanes) is 1. The molecule has 34 heavy (non-hydrogen) atoms. The van der Waals surface area contributed by atoms with E-state index >= 15 is 0 Å². The summed E-state index contributed by atoms with van der Waals surface area (Å²) in [6.07, 6.45) is 2.85. The monoisotopic (exact) mass is 494 g/mol. The number of thioether (sulfide) groups is 1. The van der Waals surface area contributed by atoms with Crippen molar-refractivity contribution in [1.29, 1.82) is 0 Å². The van der Waals surface area contributed by atoms with Gasteiger partial charge in [0.15, 0.2) is 4.34 Å². The Bertz CT molecular complexity index is 1240. The van der Waals surface area contributed by atoms with Gasteiger partial charge >= 0.3 is 0 Å². The van der Waals surface area contributed by atoms with Crippen molar-refractivity contribution < 1.29 is 14.4 Å². The van der Waals surface area contributed by atoms with Gasteiger partial charge in [0, 0.05) is 55.1 Å². The molecule has 0 spiro atoms. The van der Waals surface area contributed by atoms with Crippen molar-refractivity contribution in [2.45, 2.75) is 44.4 Å². The topological polar surface area (TPSA) is 100 Å². The Hall–Kier alpha value is -3.35. The van der Waals surface area contributed by atoms with E-state index in [1.807, 2.05) is 12.1 Å². The molecule has 2 aromatic carbocycles. The Morgan fingerprint density at radius 3 is 2.24 bits per heavy atom. The molecule has 0 saturated heterocycles. The number of fused-ring (bicyclic) bond motifs is 1. The molecule has 3 aromatic rings. The molecule has 3 N–H and O–H groups in total. The van der Waals surface area contributed by atoms with E-state index in [0.717, 1.165) is 39.6 Å². The zero-order valence-corrected chi connectivity index (χ0v) is 20.9. The third-order valence-corrected chi connectivity index (χ3v) is 6.58. The lowest BCUT2D eigenvalue weighted by molar-refractivity contribution is -0.115. The number of aromatic nitrogens is 1. The van der Waals surface area contributed by atoms with Gasteiger partial charge < -0.3 is 16.0 Å². The molecule has 0 aliphatic carbocycles. The molecule has 0 aliphatic heterocycles. The fourth-order valence-electron chi connectivity index (χ4n) is 3.05. The Morgan fingerprint density at radius 1 is 0.912 bits per heavy atom. The number of thiazole rings is 1. The van der Waals surface area contributed by atoms with Crippen molar-refractivity contribution in [2.24, 2.45) is 0 Å². The van der Waals surface area contributed by atoms with Gasteiger partial charge in [-0.05, 0) is 42.8 Å². The summed E-state index contributed by atoms with van der Waals surface area (Å²) in [4.78, 5) is 40.5. The van der Waals surface area contributed by atoms with E-state index in [9.17, 15) is 14.4 Å². The van der Waals surface area contributed by atoms with Crippen molar-refractivity contribution in [3.8, 4) is 11.8 Å². The lowest BCUT2D eigenvalue weighted by Gasteiger charge is -2.11. The number of hydrogen-bond acceptors (Lipinski definition) is 6. The van der Waals surface area contributed by atoms with Gasteiger partial charge in [0.2, 0.25) is 11.8 Å². The highest BCUT2D eigenvalue weighted by molar-refractivity contribution is 8.01.